The van der Waals surface area contributed by atoms with Crippen LogP contribution in [0.15, 0.2) is 0 Å². The molecule has 0 atom stereocenters. The van der Waals surface area contributed by atoms with Crippen LogP contribution in [0.3, 0.4) is 0 Å². The van der Waals surface area contributed by atoms with E-state index in [0.29, 0.717) is 5.41 Å². The first kappa shape index (κ1) is 7.03. The van der Waals surface area contributed by atoms with Gasteiger partial charge in [0.1, 0.15) is 0 Å². The summed E-state index contributed by atoms with van der Waals surface area (Å²) in [5, 5.41) is 0. The van der Waals surface area contributed by atoms with Gasteiger partial charge in [-0.05, 0) is 37.3 Å². The Morgan fingerprint density at radius 3 is 1.89 bits per heavy atom. The molecule has 4 N–H and O–H groups in total. The molecule has 0 bridgehead atoms. The lowest BCUT2D eigenvalue weighted by molar-refractivity contribution is 0.0857. The fourth-order valence-corrected chi connectivity index (χ4v) is 1.84. The van der Waals surface area contributed by atoms with E-state index < -0.39 is 0 Å². The molecule has 0 saturated heterocycles. The highest BCUT2D eigenvalue weighted by Gasteiger charge is 2.39. The lowest BCUT2D eigenvalue weighted by Gasteiger charge is -2.45. The van der Waals surface area contributed by atoms with E-state index in [9.17, 15) is 0 Å². The molecular weight excluding hydrogens is 112 g/mol. The van der Waals surface area contributed by atoms with E-state index >= 15 is 0 Å². The summed E-state index contributed by atoms with van der Waals surface area (Å²) >= 11 is 0. The van der Waals surface area contributed by atoms with Crippen LogP contribution in [0, 0.1) is 11.3 Å². The Hall–Kier alpha value is -0.0800. The second-order valence-electron chi connectivity index (χ2n) is 3.42. The van der Waals surface area contributed by atoms with E-state index in [2.05, 4.69) is 6.92 Å². The van der Waals surface area contributed by atoms with Gasteiger partial charge in [0.15, 0.2) is 0 Å². The smallest absolute Gasteiger partial charge is 0.000824 e. The van der Waals surface area contributed by atoms with Gasteiger partial charge in [0.05, 0.1) is 0 Å². The van der Waals surface area contributed by atoms with Crippen molar-refractivity contribution in [2.45, 2.75) is 19.8 Å². The minimum absolute atomic E-state index is 0.333. The van der Waals surface area contributed by atoms with Crippen molar-refractivity contribution in [2.75, 3.05) is 13.1 Å². The monoisotopic (exact) mass is 128 g/mol. The zero-order chi connectivity index (χ0) is 6.91. The number of hydrogen-bond donors (Lipinski definition) is 2. The number of rotatable bonds is 2. The van der Waals surface area contributed by atoms with Crippen LogP contribution in [0.1, 0.15) is 19.8 Å². The normalized spacial score (nSPS) is 25.7. The molecule has 0 unspecified atom stereocenters. The number of nitrogens with two attached hydrogens (primary N) is 2. The molecule has 54 valence electrons. The fourth-order valence-electron chi connectivity index (χ4n) is 1.84. The van der Waals surface area contributed by atoms with E-state index in [1.165, 1.54) is 12.8 Å². The van der Waals surface area contributed by atoms with E-state index in [-0.39, 0.29) is 0 Å². The maximum Gasteiger partial charge on any atom is -0.000824 e. The molecule has 0 spiro atoms. The molecule has 1 rings (SSSR count). The molecule has 2 nitrogen and oxygen atoms in total. The molecule has 1 aliphatic carbocycles. The summed E-state index contributed by atoms with van der Waals surface area (Å²) in [6.07, 6.45) is 2.47. The van der Waals surface area contributed by atoms with Gasteiger partial charge in [-0.25, -0.2) is 0 Å². The van der Waals surface area contributed by atoms with Crippen molar-refractivity contribution in [3.05, 3.63) is 0 Å². The molecule has 1 fully saturated rings. The van der Waals surface area contributed by atoms with Crippen molar-refractivity contribution < 1.29 is 0 Å². The van der Waals surface area contributed by atoms with E-state index in [0.717, 1.165) is 19.0 Å². The molecule has 2 heteroatoms. The Morgan fingerprint density at radius 2 is 1.78 bits per heavy atom. The third-order valence-corrected chi connectivity index (χ3v) is 2.43. The van der Waals surface area contributed by atoms with Crippen molar-refractivity contribution in [3.63, 3.8) is 0 Å². The van der Waals surface area contributed by atoms with E-state index in [1.54, 1.807) is 0 Å². The molecule has 0 heterocycles. The van der Waals surface area contributed by atoms with Crippen LogP contribution in [-0.2, 0) is 0 Å². The molecule has 0 amide bonds. The quantitative estimate of drug-likeness (QED) is 0.562. The van der Waals surface area contributed by atoms with Gasteiger partial charge >= 0.3 is 0 Å². The van der Waals surface area contributed by atoms with E-state index in [1.807, 2.05) is 0 Å². The first-order valence-electron chi connectivity index (χ1n) is 3.62. The Morgan fingerprint density at radius 1 is 1.33 bits per heavy atom. The van der Waals surface area contributed by atoms with Gasteiger partial charge in [0.25, 0.3) is 0 Å². The van der Waals surface area contributed by atoms with Crippen LogP contribution < -0.4 is 11.5 Å². The Balaban J connectivity index is 2.36. The van der Waals surface area contributed by atoms with Gasteiger partial charge < -0.3 is 11.5 Å². The Labute approximate surface area is 56.6 Å². The SMILES string of the molecule is CC1CC(CN)(CN)C1. The average molecular weight is 128 g/mol. The molecule has 1 saturated carbocycles. The van der Waals surface area contributed by atoms with Gasteiger partial charge in [-0.2, -0.15) is 0 Å². The predicted octanol–water partition coefficient (Wildman–Crippen LogP) is 0.320. The zero-order valence-electron chi connectivity index (χ0n) is 6.06. The van der Waals surface area contributed by atoms with Crippen LogP contribution in [-0.4, -0.2) is 13.1 Å². The molecule has 0 aliphatic heterocycles. The van der Waals surface area contributed by atoms with Crippen LogP contribution in [0.25, 0.3) is 0 Å². The summed E-state index contributed by atoms with van der Waals surface area (Å²) in [4.78, 5) is 0. The molecule has 0 aromatic carbocycles. The first-order chi connectivity index (χ1) is 4.22. The van der Waals surface area contributed by atoms with Gasteiger partial charge in [0, 0.05) is 0 Å². The summed E-state index contributed by atoms with van der Waals surface area (Å²) in [6.45, 7) is 3.80. The minimum atomic E-state index is 0.333. The minimum Gasteiger partial charge on any atom is -0.330 e. The predicted molar refractivity (Wildman–Crippen MR) is 38.9 cm³/mol. The molecule has 1 aliphatic rings. The highest BCUT2D eigenvalue weighted by atomic mass is 14.7. The topological polar surface area (TPSA) is 52.0 Å². The highest BCUT2D eigenvalue weighted by Crippen LogP contribution is 2.43. The second kappa shape index (κ2) is 2.27. The first-order valence-corrected chi connectivity index (χ1v) is 3.62. The maximum atomic E-state index is 5.56. The zero-order valence-corrected chi connectivity index (χ0v) is 6.06. The van der Waals surface area contributed by atoms with Crippen LogP contribution in [0.5, 0.6) is 0 Å². The van der Waals surface area contributed by atoms with Crippen molar-refractivity contribution in [2.24, 2.45) is 22.8 Å². The second-order valence-corrected chi connectivity index (χ2v) is 3.42. The Kier molecular flexibility index (Phi) is 1.78. The summed E-state index contributed by atoms with van der Waals surface area (Å²) in [7, 11) is 0. The van der Waals surface area contributed by atoms with Gasteiger partial charge in [-0.3, -0.25) is 0 Å². The van der Waals surface area contributed by atoms with Gasteiger partial charge in [0.2, 0.25) is 0 Å². The Bertz CT molecular complexity index is 89.1. The third-order valence-electron chi connectivity index (χ3n) is 2.43. The largest absolute Gasteiger partial charge is 0.330 e. The third kappa shape index (κ3) is 1.10. The average Bonchev–Trinajstić information content (AvgIpc) is 1.81. The van der Waals surface area contributed by atoms with Gasteiger partial charge in [-0.15, -0.1) is 0 Å². The lowest BCUT2D eigenvalue weighted by Crippen LogP contribution is -2.47. The van der Waals surface area contributed by atoms with E-state index in [4.69, 9.17) is 11.5 Å². The molecule has 9 heavy (non-hydrogen) atoms. The summed E-state index contributed by atoms with van der Waals surface area (Å²) < 4.78 is 0. The van der Waals surface area contributed by atoms with Crippen molar-refractivity contribution in [1.29, 1.82) is 0 Å². The summed E-state index contributed by atoms with van der Waals surface area (Å²) in [6, 6.07) is 0. The maximum absolute atomic E-state index is 5.56. The summed E-state index contributed by atoms with van der Waals surface area (Å²) in [5.74, 6) is 0.858. The molecule has 0 aromatic rings. The van der Waals surface area contributed by atoms with Gasteiger partial charge in [-0.1, -0.05) is 6.92 Å². The lowest BCUT2D eigenvalue weighted by atomic mass is 9.63. The van der Waals surface area contributed by atoms with Crippen LogP contribution in [0.4, 0.5) is 0 Å². The highest BCUT2D eigenvalue weighted by molar-refractivity contribution is 4.93. The number of hydrogen-bond acceptors (Lipinski definition) is 2. The van der Waals surface area contributed by atoms with Crippen molar-refractivity contribution in [1.82, 2.24) is 0 Å². The molecular formula is C7H16N2. The fraction of sp³-hybridized carbons (Fsp3) is 1.00. The molecule has 0 radical (unpaired) electrons. The summed E-state index contributed by atoms with van der Waals surface area (Å²) in [5.41, 5.74) is 11.5. The van der Waals surface area contributed by atoms with Crippen molar-refractivity contribution in [3.8, 4) is 0 Å². The van der Waals surface area contributed by atoms with Crippen LogP contribution in [0.2, 0.25) is 0 Å². The molecule has 0 aromatic heterocycles. The van der Waals surface area contributed by atoms with Crippen molar-refractivity contribution >= 4 is 0 Å². The van der Waals surface area contributed by atoms with Crippen LogP contribution >= 0.6 is 0 Å². The standard InChI is InChI=1S/C7H16N2/c1-6-2-7(3-6,4-8)5-9/h6H,2-5,8-9H2,1H3.